The summed E-state index contributed by atoms with van der Waals surface area (Å²) in [5.74, 6) is -0.0382. The highest BCUT2D eigenvalue weighted by Crippen LogP contribution is 2.49. The van der Waals surface area contributed by atoms with Gasteiger partial charge in [0.2, 0.25) is 0 Å². The SMILES string of the molecule is CC.CC.CCC1(C)c2cc(F)cc(F)c2C2=[N+](C)CCN2C1(C)C. The van der Waals surface area contributed by atoms with E-state index in [0.717, 1.165) is 37.0 Å². The second-order valence-corrected chi connectivity index (χ2v) is 6.95. The van der Waals surface area contributed by atoms with Crippen molar-refractivity contribution >= 4 is 5.84 Å². The average Bonchev–Trinajstić information content (AvgIpc) is 2.98. The predicted molar refractivity (Wildman–Crippen MR) is 103 cm³/mol. The first-order valence-electron chi connectivity index (χ1n) is 9.59. The van der Waals surface area contributed by atoms with Gasteiger partial charge in [0.1, 0.15) is 35.8 Å². The Kier molecular flexibility index (Phi) is 6.77. The van der Waals surface area contributed by atoms with E-state index in [1.54, 1.807) is 0 Å². The van der Waals surface area contributed by atoms with Crippen molar-refractivity contribution in [1.29, 1.82) is 0 Å². The van der Waals surface area contributed by atoms with Crippen LogP contribution in [0.5, 0.6) is 0 Å². The van der Waals surface area contributed by atoms with Crippen LogP contribution in [0.2, 0.25) is 0 Å². The molecule has 25 heavy (non-hydrogen) atoms. The van der Waals surface area contributed by atoms with Gasteiger partial charge < -0.3 is 0 Å². The second-order valence-electron chi connectivity index (χ2n) is 6.95. The Hall–Kier alpha value is -1.45. The van der Waals surface area contributed by atoms with E-state index >= 15 is 0 Å². The third-order valence-corrected chi connectivity index (χ3v) is 5.88. The molecule has 0 aromatic heterocycles. The molecular formula is C21H35F2N2+. The number of rotatable bonds is 1. The number of hydrogen-bond donors (Lipinski definition) is 0. The maximum absolute atomic E-state index is 14.6. The maximum Gasteiger partial charge on any atom is 0.283 e. The Labute approximate surface area is 152 Å². The van der Waals surface area contributed by atoms with E-state index in [-0.39, 0.29) is 11.0 Å². The van der Waals surface area contributed by atoms with Gasteiger partial charge in [-0.15, -0.1) is 0 Å². The molecule has 0 spiro atoms. The molecule has 142 valence electrons. The van der Waals surface area contributed by atoms with Gasteiger partial charge in [0.15, 0.2) is 0 Å². The van der Waals surface area contributed by atoms with Crippen molar-refractivity contribution in [3.63, 3.8) is 0 Å². The second kappa shape index (κ2) is 7.84. The lowest BCUT2D eigenvalue weighted by atomic mass is 9.62. The lowest BCUT2D eigenvalue weighted by molar-refractivity contribution is -0.486. The van der Waals surface area contributed by atoms with Crippen molar-refractivity contribution in [3.05, 3.63) is 34.9 Å². The van der Waals surface area contributed by atoms with Crippen LogP contribution in [0.25, 0.3) is 0 Å². The molecule has 0 aliphatic carbocycles. The van der Waals surface area contributed by atoms with Crippen LogP contribution in [-0.4, -0.2) is 41.0 Å². The van der Waals surface area contributed by atoms with Gasteiger partial charge >= 0.3 is 0 Å². The number of halogens is 2. The van der Waals surface area contributed by atoms with Crippen LogP contribution < -0.4 is 0 Å². The van der Waals surface area contributed by atoms with E-state index in [0.29, 0.717) is 5.56 Å². The average molecular weight is 354 g/mol. The van der Waals surface area contributed by atoms with Crippen LogP contribution in [-0.2, 0) is 5.41 Å². The third kappa shape index (κ3) is 3.09. The van der Waals surface area contributed by atoms with Gasteiger partial charge in [-0.1, -0.05) is 41.5 Å². The quantitative estimate of drug-likeness (QED) is 0.630. The molecule has 0 fully saturated rings. The largest absolute Gasteiger partial charge is 0.283 e. The van der Waals surface area contributed by atoms with Crippen LogP contribution in [0.15, 0.2) is 12.1 Å². The molecule has 0 saturated heterocycles. The summed E-state index contributed by atoms with van der Waals surface area (Å²) in [5, 5.41) is 0. The summed E-state index contributed by atoms with van der Waals surface area (Å²) in [6.45, 7) is 18.3. The maximum atomic E-state index is 14.6. The van der Waals surface area contributed by atoms with Crippen LogP contribution in [0.1, 0.15) is 72.9 Å². The molecule has 2 aliphatic rings. The number of fused-ring (bicyclic) bond motifs is 3. The lowest BCUT2D eigenvalue weighted by Gasteiger charge is -2.50. The molecule has 0 bridgehead atoms. The van der Waals surface area contributed by atoms with E-state index in [4.69, 9.17) is 0 Å². The Morgan fingerprint density at radius 2 is 1.64 bits per heavy atom. The first-order chi connectivity index (χ1) is 11.7. The Balaban J connectivity index is 0.000000730. The van der Waals surface area contributed by atoms with E-state index in [1.165, 1.54) is 6.07 Å². The molecule has 0 N–H and O–H groups in total. The fourth-order valence-corrected chi connectivity index (χ4v) is 4.02. The molecule has 1 aromatic carbocycles. The molecule has 1 atom stereocenters. The van der Waals surface area contributed by atoms with Crippen LogP contribution in [0.4, 0.5) is 8.78 Å². The number of benzene rings is 1. The molecule has 3 rings (SSSR count). The fourth-order valence-electron chi connectivity index (χ4n) is 4.02. The normalized spacial score (nSPS) is 23.1. The molecule has 4 heteroatoms. The molecule has 2 heterocycles. The molecule has 1 unspecified atom stereocenters. The minimum atomic E-state index is -0.489. The molecular weight excluding hydrogens is 318 g/mol. The Morgan fingerprint density at radius 3 is 2.16 bits per heavy atom. The van der Waals surface area contributed by atoms with Gasteiger partial charge in [0, 0.05) is 11.5 Å². The van der Waals surface area contributed by atoms with E-state index in [1.807, 2.05) is 34.7 Å². The van der Waals surface area contributed by atoms with Crippen molar-refractivity contribution in [2.45, 2.75) is 72.8 Å². The summed E-state index contributed by atoms with van der Waals surface area (Å²) in [5.41, 5.74) is 0.905. The predicted octanol–water partition coefficient (Wildman–Crippen LogP) is 5.18. The highest BCUT2D eigenvalue weighted by molar-refractivity contribution is 6.00. The third-order valence-electron chi connectivity index (χ3n) is 5.88. The zero-order chi connectivity index (χ0) is 19.6. The number of hydrogen-bond acceptors (Lipinski definition) is 1. The van der Waals surface area contributed by atoms with Gasteiger partial charge in [0.25, 0.3) is 5.84 Å². The molecule has 2 nitrogen and oxygen atoms in total. The first kappa shape index (κ1) is 21.6. The summed E-state index contributed by atoms with van der Waals surface area (Å²) < 4.78 is 30.5. The highest BCUT2D eigenvalue weighted by Gasteiger charge is 2.58. The zero-order valence-corrected chi connectivity index (χ0v) is 17.4. The fraction of sp³-hybridized carbons (Fsp3) is 0.667. The zero-order valence-electron chi connectivity index (χ0n) is 17.4. The van der Waals surface area contributed by atoms with Gasteiger partial charge in [-0.25, -0.2) is 8.78 Å². The molecule has 0 amide bonds. The van der Waals surface area contributed by atoms with Gasteiger partial charge in [0.05, 0.1) is 7.05 Å². The highest BCUT2D eigenvalue weighted by atomic mass is 19.1. The van der Waals surface area contributed by atoms with Crippen molar-refractivity contribution in [2.75, 3.05) is 20.1 Å². The van der Waals surface area contributed by atoms with E-state index in [2.05, 4.69) is 37.2 Å². The number of likely N-dealkylation sites (N-methyl/N-ethyl adjacent to an activating group) is 1. The smallest absolute Gasteiger partial charge is 0.260 e. The van der Waals surface area contributed by atoms with Crippen molar-refractivity contribution in [3.8, 4) is 0 Å². The van der Waals surface area contributed by atoms with E-state index in [9.17, 15) is 8.78 Å². The standard InChI is InChI=1S/C17H23F2N2.2C2H6/c1-6-17(4)12-9-11(18)10-13(19)14(12)15-20(5)7-8-21(15)16(17,2)3;2*1-2/h9-10H,6-8H2,1-5H3;2*1-2H3/q+1;;. The van der Waals surface area contributed by atoms with Gasteiger partial charge in [-0.3, -0.25) is 9.48 Å². The summed E-state index contributed by atoms with van der Waals surface area (Å²) in [6, 6.07) is 2.53. The Morgan fingerprint density at radius 1 is 1.08 bits per heavy atom. The number of nitrogens with zero attached hydrogens (tertiary/aromatic N) is 2. The van der Waals surface area contributed by atoms with Crippen LogP contribution in [0, 0.1) is 11.6 Å². The van der Waals surface area contributed by atoms with E-state index < -0.39 is 11.6 Å². The van der Waals surface area contributed by atoms with Crippen LogP contribution >= 0.6 is 0 Å². The first-order valence-corrected chi connectivity index (χ1v) is 9.59. The molecule has 0 radical (unpaired) electrons. The monoisotopic (exact) mass is 353 g/mol. The summed E-state index contributed by atoms with van der Waals surface area (Å²) >= 11 is 0. The minimum absolute atomic E-state index is 0.185. The van der Waals surface area contributed by atoms with Crippen molar-refractivity contribution < 1.29 is 13.4 Å². The lowest BCUT2D eigenvalue weighted by Crippen LogP contribution is -2.62. The summed E-state index contributed by atoms with van der Waals surface area (Å²) in [7, 11) is 1.98. The molecule has 1 aromatic rings. The summed E-state index contributed by atoms with van der Waals surface area (Å²) in [4.78, 5) is 2.29. The topological polar surface area (TPSA) is 6.25 Å². The van der Waals surface area contributed by atoms with Gasteiger partial charge in [-0.2, -0.15) is 0 Å². The van der Waals surface area contributed by atoms with Crippen molar-refractivity contribution in [2.24, 2.45) is 0 Å². The number of amidine groups is 1. The molecule has 2 aliphatic heterocycles. The van der Waals surface area contributed by atoms with Crippen LogP contribution in [0.3, 0.4) is 0 Å². The minimum Gasteiger partial charge on any atom is -0.260 e. The van der Waals surface area contributed by atoms with Gasteiger partial charge in [-0.05, 0) is 31.9 Å². The summed E-state index contributed by atoms with van der Waals surface area (Å²) in [6.07, 6.45) is 0.837. The molecule has 0 saturated carbocycles. The van der Waals surface area contributed by atoms with Crippen molar-refractivity contribution in [1.82, 2.24) is 4.90 Å². The Bertz CT molecular complexity index is 650.